The first-order valence-corrected chi connectivity index (χ1v) is 9.63. The van der Waals surface area contributed by atoms with Crippen molar-refractivity contribution >= 4 is 18.5 Å². The van der Waals surface area contributed by atoms with Crippen LogP contribution in [0.2, 0.25) is 0 Å². The number of carbonyl (C=O) groups is 3. The van der Waals surface area contributed by atoms with Gasteiger partial charge >= 0.3 is 12.1 Å². The van der Waals surface area contributed by atoms with Crippen molar-refractivity contribution in [3.8, 4) is 11.1 Å². The lowest BCUT2D eigenvalue weighted by atomic mass is 9.98. The second kappa shape index (κ2) is 9.73. The van der Waals surface area contributed by atoms with Gasteiger partial charge in [0.15, 0.2) is 0 Å². The van der Waals surface area contributed by atoms with Crippen LogP contribution >= 0.6 is 0 Å². The van der Waals surface area contributed by atoms with E-state index in [1.807, 2.05) is 24.3 Å². The summed E-state index contributed by atoms with van der Waals surface area (Å²) in [5.41, 5.74) is 4.66. The molecule has 2 amide bonds. The van der Waals surface area contributed by atoms with Gasteiger partial charge in [-0.1, -0.05) is 48.5 Å². The standard InChI is InChI=1S/C22H24N2O5/c25-14-24-20(21(26)27)11-5-6-12-23-22(28)29-13-19-17-9-3-1-7-15(17)16-8-2-4-10-18(16)19/h1-4,7-10,14,19-20H,5-6,11-13H2,(H,23,28)(H,24,25)(H,26,27). The number of hydrogen-bond acceptors (Lipinski definition) is 4. The topological polar surface area (TPSA) is 105 Å². The van der Waals surface area contributed by atoms with Crippen molar-refractivity contribution in [2.24, 2.45) is 0 Å². The van der Waals surface area contributed by atoms with E-state index in [0.717, 1.165) is 11.1 Å². The number of hydrogen-bond donors (Lipinski definition) is 3. The number of aliphatic carboxylic acids is 1. The van der Waals surface area contributed by atoms with Crippen LogP contribution in [0, 0.1) is 0 Å². The molecule has 1 unspecified atom stereocenters. The highest BCUT2D eigenvalue weighted by atomic mass is 16.5. The zero-order chi connectivity index (χ0) is 20.6. The quantitative estimate of drug-likeness (QED) is 0.423. The van der Waals surface area contributed by atoms with Crippen molar-refractivity contribution in [1.82, 2.24) is 10.6 Å². The summed E-state index contributed by atoms with van der Waals surface area (Å²) < 4.78 is 5.44. The number of carboxylic acid groups (broad SMARTS) is 1. The Bertz CT molecular complexity index is 838. The van der Waals surface area contributed by atoms with Crippen LogP contribution in [0.25, 0.3) is 11.1 Å². The molecule has 0 saturated carbocycles. The van der Waals surface area contributed by atoms with E-state index >= 15 is 0 Å². The molecule has 0 heterocycles. The second-order valence-electron chi connectivity index (χ2n) is 6.92. The van der Waals surface area contributed by atoms with Gasteiger partial charge in [0.2, 0.25) is 6.41 Å². The fourth-order valence-corrected chi connectivity index (χ4v) is 3.67. The maximum absolute atomic E-state index is 12.0. The van der Waals surface area contributed by atoms with Gasteiger partial charge < -0.3 is 20.5 Å². The van der Waals surface area contributed by atoms with Gasteiger partial charge in [-0.05, 0) is 41.5 Å². The highest BCUT2D eigenvalue weighted by molar-refractivity contribution is 5.79. The molecule has 3 N–H and O–H groups in total. The molecule has 0 aromatic heterocycles. The smallest absolute Gasteiger partial charge is 0.407 e. The SMILES string of the molecule is O=CNC(CCCCNC(=O)OCC1c2ccccc2-c2ccccc21)C(=O)O. The number of fused-ring (bicyclic) bond motifs is 3. The molecule has 1 atom stereocenters. The first kappa shape index (κ1) is 20.4. The average Bonchev–Trinajstić information content (AvgIpc) is 3.05. The predicted octanol–water partition coefficient (Wildman–Crippen LogP) is 2.89. The average molecular weight is 396 g/mol. The molecule has 2 aromatic carbocycles. The van der Waals surface area contributed by atoms with E-state index in [1.165, 1.54) is 11.1 Å². The first-order chi connectivity index (χ1) is 14.1. The third-order valence-electron chi connectivity index (χ3n) is 5.10. The number of amides is 2. The molecule has 0 radical (unpaired) electrons. The van der Waals surface area contributed by atoms with Crippen molar-refractivity contribution in [3.63, 3.8) is 0 Å². The fourth-order valence-electron chi connectivity index (χ4n) is 3.67. The molecule has 3 rings (SSSR count). The summed E-state index contributed by atoms with van der Waals surface area (Å²) in [7, 11) is 0. The molecule has 1 aliphatic carbocycles. The van der Waals surface area contributed by atoms with Gasteiger partial charge in [-0.25, -0.2) is 9.59 Å². The monoisotopic (exact) mass is 396 g/mol. The minimum absolute atomic E-state index is 0.0129. The largest absolute Gasteiger partial charge is 0.480 e. The normalized spacial score (nSPS) is 13.1. The minimum Gasteiger partial charge on any atom is -0.480 e. The molecular formula is C22H24N2O5. The lowest BCUT2D eigenvalue weighted by Crippen LogP contribution is -2.35. The summed E-state index contributed by atoms with van der Waals surface area (Å²) in [6, 6.07) is 15.4. The van der Waals surface area contributed by atoms with Crippen molar-refractivity contribution in [3.05, 3.63) is 59.7 Å². The Hall–Kier alpha value is -3.35. The summed E-state index contributed by atoms with van der Waals surface area (Å²) in [5, 5.41) is 13.9. The van der Waals surface area contributed by atoms with Gasteiger partial charge in [0.05, 0.1) is 0 Å². The molecule has 29 heavy (non-hydrogen) atoms. The second-order valence-corrected chi connectivity index (χ2v) is 6.92. The molecule has 0 spiro atoms. The molecule has 0 bridgehead atoms. The first-order valence-electron chi connectivity index (χ1n) is 9.63. The van der Waals surface area contributed by atoms with E-state index in [9.17, 15) is 14.4 Å². The Morgan fingerprint density at radius 2 is 1.66 bits per heavy atom. The molecule has 1 aliphatic rings. The molecule has 0 aliphatic heterocycles. The van der Waals surface area contributed by atoms with Gasteiger partial charge in [-0.2, -0.15) is 0 Å². The van der Waals surface area contributed by atoms with Gasteiger partial charge in [0, 0.05) is 12.5 Å². The lowest BCUT2D eigenvalue weighted by molar-refractivity contribution is -0.140. The Morgan fingerprint density at radius 3 is 2.24 bits per heavy atom. The number of carboxylic acids is 1. The van der Waals surface area contributed by atoms with E-state index in [4.69, 9.17) is 9.84 Å². The van der Waals surface area contributed by atoms with E-state index in [-0.39, 0.29) is 12.5 Å². The Morgan fingerprint density at radius 1 is 1.03 bits per heavy atom. The summed E-state index contributed by atoms with van der Waals surface area (Å²) >= 11 is 0. The number of nitrogens with one attached hydrogen (secondary N) is 2. The van der Waals surface area contributed by atoms with Crippen LogP contribution in [-0.4, -0.2) is 42.8 Å². The van der Waals surface area contributed by atoms with Crippen molar-refractivity contribution in [1.29, 1.82) is 0 Å². The Balaban J connectivity index is 1.44. The van der Waals surface area contributed by atoms with Crippen molar-refractivity contribution in [2.45, 2.75) is 31.2 Å². The van der Waals surface area contributed by atoms with Crippen LogP contribution in [0.3, 0.4) is 0 Å². The van der Waals surface area contributed by atoms with Crippen LogP contribution in [0.4, 0.5) is 4.79 Å². The van der Waals surface area contributed by atoms with Crippen LogP contribution in [0.5, 0.6) is 0 Å². The molecule has 7 nitrogen and oxygen atoms in total. The van der Waals surface area contributed by atoms with Crippen molar-refractivity contribution < 1.29 is 24.2 Å². The lowest BCUT2D eigenvalue weighted by Gasteiger charge is -2.15. The van der Waals surface area contributed by atoms with Crippen LogP contribution in [-0.2, 0) is 14.3 Å². The maximum Gasteiger partial charge on any atom is 0.407 e. The molecule has 0 fully saturated rings. The van der Waals surface area contributed by atoms with Gasteiger partial charge in [-0.3, -0.25) is 4.79 Å². The predicted molar refractivity (Wildman–Crippen MR) is 108 cm³/mol. The van der Waals surface area contributed by atoms with Gasteiger partial charge in [0.1, 0.15) is 12.6 Å². The molecule has 0 saturated heterocycles. The Labute approximate surface area is 169 Å². The molecule has 7 heteroatoms. The summed E-state index contributed by atoms with van der Waals surface area (Å²) in [6.45, 7) is 0.633. The summed E-state index contributed by atoms with van der Waals surface area (Å²) in [4.78, 5) is 33.4. The number of ether oxygens (including phenoxy) is 1. The summed E-state index contributed by atoms with van der Waals surface area (Å²) in [6.07, 6.45) is 1.34. The minimum atomic E-state index is -1.07. The zero-order valence-electron chi connectivity index (χ0n) is 16.0. The highest BCUT2D eigenvalue weighted by Gasteiger charge is 2.28. The number of benzene rings is 2. The Kier molecular flexibility index (Phi) is 6.84. The van der Waals surface area contributed by atoms with Gasteiger partial charge in [-0.15, -0.1) is 0 Å². The van der Waals surface area contributed by atoms with E-state index in [0.29, 0.717) is 32.2 Å². The van der Waals surface area contributed by atoms with Crippen LogP contribution in [0.15, 0.2) is 48.5 Å². The maximum atomic E-state index is 12.0. The number of rotatable bonds is 10. The third-order valence-corrected chi connectivity index (χ3v) is 5.10. The summed E-state index contributed by atoms with van der Waals surface area (Å²) in [5.74, 6) is -1.06. The van der Waals surface area contributed by atoms with Crippen LogP contribution < -0.4 is 10.6 Å². The van der Waals surface area contributed by atoms with E-state index in [1.54, 1.807) is 0 Å². The molecule has 2 aromatic rings. The number of carbonyl (C=O) groups excluding carboxylic acids is 2. The van der Waals surface area contributed by atoms with Crippen LogP contribution in [0.1, 0.15) is 36.3 Å². The van der Waals surface area contributed by atoms with Gasteiger partial charge in [0.25, 0.3) is 0 Å². The van der Waals surface area contributed by atoms with E-state index in [2.05, 4.69) is 34.9 Å². The van der Waals surface area contributed by atoms with Crippen molar-refractivity contribution in [2.75, 3.05) is 13.2 Å². The molecular weight excluding hydrogens is 372 g/mol. The number of alkyl carbamates (subject to hydrolysis) is 1. The number of unbranched alkanes of at least 4 members (excludes halogenated alkanes) is 1. The third kappa shape index (κ3) is 4.93. The zero-order valence-corrected chi connectivity index (χ0v) is 16.0. The highest BCUT2D eigenvalue weighted by Crippen LogP contribution is 2.44. The molecule has 152 valence electrons. The van der Waals surface area contributed by atoms with E-state index < -0.39 is 18.1 Å². The fraction of sp³-hybridized carbons (Fsp3) is 0.318.